The van der Waals surface area contributed by atoms with Gasteiger partial charge in [0.2, 0.25) is 0 Å². The number of amides is 1. The van der Waals surface area contributed by atoms with Crippen molar-refractivity contribution in [1.82, 2.24) is 5.32 Å². The van der Waals surface area contributed by atoms with Crippen molar-refractivity contribution in [2.75, 3.05) is 13.2 Å². The molecule has 3 heteroatoms. The van der Waals surface area contributed by atoms with Gasteiger partial charge in [-0.1, -0.05) is 36.4 Å². The molecule has 0 unspecified atom stereocenters. The largest absolute Gasteiger partial charge is 0.484 e. The third-order valence-corrected chi connectivity index (χ3v) is 4.25. The lowest BCUT2D eigenvalue weighted by atomic mass is 10.1. The molecule has 1 aliphatic rings. The number of fused-ring (bicyclic) bond motifs is 1. The first-order valence-corrected chi connectivity index (χ1v) is 8.36. The van der Waals surface area contributed by atoms with Crippen LogP contribution in [-0.2, 0) is 24.1 Å². The number of ether oxygens (including phenoxy) is 1. The van der Waals surface area contributed by atoms with E-state index in [0.29, 0.717) is 6.54 Å². The summed E-state index contributed by atoms with van der Waals surface area (Å²) in [5.74, 6) is 0.739. The Labute approximate surface area is 137 Å². The van der Waals surface area contributed by atoms with Crippen LogP contribution < -0.4 is 10.1 Å². The molecule has 0 heterocycles. The molecule has 0 saturated carbocycles. The minimum Gasteiger partial charge on any atom is -0.484 e. The lowest BCUT2D eigenvalue weighted by Crippen LogP contribution is -2.29. The number of hydrogen-bond donors (Lipinski definition) is 1. The van der Waals surface area contributed by atoms with Crippen LogP contribution in [0.5, 0.6) is 5.75 Å². The van der Waals surface area contributed by atoms with Gasteiger partial charge in [0.05, 0.1) is 0 Å². The summed E-state index contributed by atoms with van der Waals surface area (Å²) >= 11 is 0. The van der Waals surface area contributed by atoms with Gasteiger partial charge < -0.3 is 10.1 Å². The number of hydrogen-bond acceptors (Lipinski definition) is 2. The van der Waals surface area contributed by atoms with Crippen LogP contribution in [0, 0.1) is 0 Å². The third kappa shape index (κ3) is 4.59. The van der Waals surface area contributed by atoms with Gasteiger partial charge in [-0.2, -0.15) is 0 Å². The Hall–Kier alpha value is -2.29. The predicted octanol–water partition coefficient (Wildman–Crippen LogP) is 3.30. The second-order valence-corrected chi connectivity index (χ2v) is 6.01. The van der Waals surface area contributed by atoms with Gasteiger partial charge in [-0.3, -0.25) is 4.79 Å². The summed E-state index contributed by atoms with van der Waals surface area (Å²) in [7, 11) is 0. The maximum Gasteiger partial charge on any atom is 0.257 e. The van der Waals surface area contributed by atoms with Crippen LogP contribution in [-0.4, -0.2) is 19.1 Å². The van der Waals surface area contributed by atoms with E-state index in [-0.39, 0.29) is 12.5 Å². The Morgan fingerprint density at radius 2 is 1.87 bits per heavy atom. The van der Waals surface area contributed by atoms with Gasteiger partial charge in [0.25, 0.3) is 5.91 Å². The second-order valence-electron chi connectivity index (χ2n) is 6.01. The standard InChI is InChI=1S/C20H23NO2/c22-20(21-13-5-8-16-6-2-1-3-7-16)15-23-19-12-11-17-9-4-10-18(17)14-19/h1-3,6-7,11-12,14H,4-5,8-10,13,15H2,(H,21,22). The van der Waals surface area contributed by atoms with Gasteiger partial charge in [0.15, 0.2) is 6.61 Å². The molecular formula is C20H23NO2. The minimum absolute atomic E-state index is 0.0569. The zero-order chi connectivity index (χ0) is 15.9. The number of benzene rings is 2. The molecule has 0 spiro atoms. The maximum absolute atomic E-state index is 11.8. The fourth-order valence-electron chi connectivity index (χ4n) is 3.00. The van der Waals surface area contributed by atoms with Crippen molar-refractivity contribution in [3.05, 3.63) is 65.2 Å². The van der Waals surface area contributed by atoms with E-state index in [1.165, 1.54) is 23.1 Å². The van der Waals surface area contributed by atoms with Crippen molar-refractivity contribution in [3.63, 3.8) is 0 Å². The van der Waals surface area contributed by atoms with Crippen molar-refractivity contribution in [1.29, 1.82) is 0 Å². The van der Waals surface area contributed by atoms with Gasteiger partial charge in [-0.15, -0.1) is 0 Å². The number of nitrogens with one attached hydrogen (secondary N) is 1. The molecule has 1 amide bonds. The Bertz CT molecular complexity index is 652. The zero-order valence-electron chi connectivity index (χ0n) is 13.4. The molecule has 2 aromatic rings. The number of rotatable bonds is 7. The fraction of sp³-hybridized carbons (Fsp3) is 0.350. The van der Waals surface area contributed by atoms with Crippen LogP contribution >= 0.6 is 0 Å². The van der Waals surface area contributed by atoms with Crippen molar-refractivity contribution in [2.45, 2.75) is 32.1 Å². The number of aryl methyl sites for hydroxylation is 3. The van der Waals surface area contributed by atoms with E-state index in [4.69, 9.17) is 4.74 Å². The average molecular weight is 309 g/mol. The quantitative estimate of drug-likeness (QED) is 0.797. The first kappa shape index (κ1) is 15.6. The van der Waals surface area contributed by atoms with Crippen molar-refractivity contribution >= 4 is 5.91 Å². The van der Waals surface area contributed by atoms with Crippen LogP contribution in [0.4, 0.5) is 0 Å². The summed E-state index contributed by atoms with van der Waals surface area (Å²) < 4.78 is 5.60. The monoisotopic (exact) mass is 309 g/mol. The molecule has 3 nitrogen and oxygen atoms in total. The molecule has 0 radical (unpaired) electrons. The normalized spacial score (nSPS) is 12.7. The molecule has 23 heavy (non-hydrogen) atoms. The molecule has 1 N–H and O–H groups in total. The predicted molar refractivity (Wildman–Crippen MR) is 91.7 cm³/mol. The maximum atomic E-state index is 11.8. The Balaban J connectivity index is 1.35. The fourth-order valence-corrected chi connectivity index (χ4v) is 3.00. The smallest absolute Gasteiger partial charge is 0.257 e. The highest BCUT2D eigenvalue weighted by molar-refractivity contribution is 5.77. The van der Waals surface area contributed by atoms with Crippen LogP contribution in [0.3, 0.4) is 0 Å². The van der Waals surface area contributed by atoms with E-state index in [1.54, 1.807) is 0 Å². The summed E-state index contributed by atoms with van der Waals surface area (Å²) in [5, 5.41) is 2.91. The average Bonchev–Trinajstić information content (AvgIpc) is 3.05. The third-order valence-electron chi connectivity index (χ3n) is 4.25. The van der Waals surface area contributed by atoms with E-state index in [2.05, 4.69) is 29.6 Å². The number of carbonyl (C=O) groups excluding carboxylic acids is 1. The second kappa shape index (κ2) is 7.82. The summed E-state index contributed by atoms with van der Waals surface area (Å²) in [6, 6.07) is 16.5. The van der Waals surface area contributed by atoms with E-state index in [1.807, 2.05) is 24.3 Å². The summed E-state index contributed by atoms with van der Waals surface area (Å²) in [6.07, 6.45) is 5.43. The summed E-state index contributed by atoms with van der Waals surface area (Å²) in [5.41, 5.74) is 4.09. The Morgan fingerprint density at radius 1 is 1.04 bits per heavy atom. The molecule has 120 valence electrons. The molecule has 2 aromatic carbocycles. The van der Waals surface area contributed by atoms with Crippen LogP contribution in [0.25, 0.3) is 0 Å². The summed E-state index contributed by atoms with van der Waals surface area (Å²) in [4.78, 5) is 11.8. The molecule has 0 bridgehead atoms. The lowest BCUT2D eigenvalue weighted by Gasteiger charge is -2.09. The highest BCUT2D eigenvalue weighted by atomic mass is 16.5. The Morgan fingerprint density at radius 3 is 2.74 bits per heavy atom. The first-order chi connectivity index (χ1) is 11.3. The number of carbonyl (C=O) groups is 1. The molecule has 1 aliphatic carbocycles. The molecule has 0 atom stereocenters. The van der Waals surface area contributed by atoms with Crippen LogP contribution in [0.2, 0.25) is 0 Å². The molecular weight excluding hydrogens is 286 g/mol. The van der Waals surface area contributed by atoms with E-state index < -0.39 is 0 Å². The van der Waals surface area contributed by atoms with E-state index in [9.17, 15) is 4.79 Å². The van der Waals surface area contributed by atoms with Gasteiger partial charge in [-0.25, -0.2) is 0 Å². The highest BCUT2D eigenvalue weighted by Crippen LogP contribution is 2.25. The van der Waals surface area contributed by atoms with Gasteiger partial charge in [-0.05, 0) is 60.9 Å². The molecule has 0 aliphatic heterocycles. The van der Waals surface area contributed by atoms with Gasteiger partial charge in [0, 0.05) is 6.54 Å². The molecule has 0 aromatic heterocycles. The SMILES string of the molecule is O=C(COc1ccc2c(c1)CCC2)NCCCc1ccccc1. The zero-order valence-corrected chi connectivity index (χ0v) is 13.4. The first-order valence-electron chi connectivity index (χ1n) is 8.36. The van der Waals surface area contributed by atoms with Crippen molar-refractivity contribution < 1.29 is 9.53 Å². The van der Waals surface area contributed by atoms with E-state index >= 15 is 0 Å². The Kier molecular flexibility index (Phi) is 5.30. The van der Waals surface area contributed by atoms with Gasteiger partial charge >= 0.3 is 0 Å². The van der Waals surface area contributed by atoms with Crippen LogP contribution in [0.1, 0.15) is 29.5 Å². The van der Waals surface area contributed by atoms with E-state index in [0.717, 1.165) is 31.4 Å². The van der Waals surface area contributed by atoms with Crippen molar-refractivity contribution in [3.8, 4) is 5.75 Å². The summed E-state index contributed by atoms with van der Waals surface area (Å²) in [6.45, 7) is 0.769. The topological polar surface area (TPSA) is 38.3 Å². The van der Waals surface area contributed by atoms with Crippen LogP contribution in [0.15, 0.2) is 48.5 Å². The highest BCUT2D eigenvalue weighted by Gasteiger charge is 2.11. The molecule has 0 saturated heterocycles. The molecule has 3 rings (SSSR count). The minimum atomic E-state index is -0.0569. The molecule has 0 fully saturated rings. The lowest BCUT2D eigenvalue weighted by molar-refractivity contribution is -0.123. The van der Waals surface area contributed by atoms with Crippen molar-refractivity contribution in [2.24, 2.45) is 0 Å². The van der Waals surface area contributed by atoms with Gasteiger partial charge in [0.1, 0.15) is 5.75 Å².